The first kappa shape index (κ1) is 16.0. The predicted molar refractivity (Wildman–Crippen MR) is 66.5 cm³/mol. The second-order valence-corrected chi connectivity index (χ2v) is 3.86. The summed E-state index contributed by atoms with van der Waals surface area (Å²) in [5, 5.41) is 22.5. The van der Waals surface area contributed by atoms with E-state index in [1.807, 2.05) is 0 Å². The Morgan fingerprint density at radius 1 is 1.44 bits per heavy atom. The van der Waals surface area contributed by atoms with Crippen LogP contribution in [0.1, 0.15) is 33.1 Å². The smallest absolute Gasteiger partial charge is 0.325 e. The SMILES string of the molecule is CCCCCN/C=C(/C#N)C(=O)NC(C)C(=O)O. The van der Waals surface area contributed by atoms with Gasteiger partial charge in [0.1, 0.15) is 17.7 Å². The Hall–Kier alpha value is -2.03. The van der Waals surface area contributed by atoms with Crippen molar-refractivity contribution in [1.29, 1.82) is 5.26 Å². The number of nitrogens with one attached hydrogen (secondary N) is 2. The van der Waals surface area contributed by atoms with Crippen molar-refractivity contribution in [2.45, 2.75) is 39.2 Å². The van der Waals surface area contributed by atoms with Crippen molar-refractivity contribution in [1.82, 2.24) is 10.6 Å². The van der Waals surface area contributed by atoms with E-state index >= 15 is 0 Å². The van der Waals surface area contributed by atoms with Crippen molar-refractivity contribution < 1.29 is 14.7 Å². The molecule has 0 aliphatic rings. The van der Waals surface area contributed by atoms with Crippen LogP contribution in [0.15, 0.2) is 11.8 Å². The summed E-state index contributed by atoms with van der Waals surface area (Å²) in [7, 11) is 0. The Bertz CT molecular complexity index is 358. The summed E-state index contributed by atoms with van der Waals surface area (Å²) in [5.41, 5.74) is -0.125. The minimum atomic E-state index is -1.14. The number of carboxylic acid groups (broad SMARTS) is 1. The van der Waals surface area contributed by atoms with Crippen molar-refractivity contribution in [2.75, 3.05) is 6.54 Å². The Labute approximate surface area is 107 Å². The maximum atomic E-state index is 11.5. The fourth-order valence-corrected chi connectivity index (χ4v) is 1.14. The van der Waals surface area contributed by atoms with E-state index in [4.69, 9.17) is 10.4 Å². The fraction of sp³-hybridized carbons (Fsp3) is 0.583. The fourth-order valence-electron chi connectivity index (χ4n) is 1.14. The van der Waals surface area contributed by atoms with Crippen molar-refractivity contribution >= 4 is 11.9 Å². The predicted octanol–water partition coefficient (Wildman–Crippen LogP) is 0.763. The molecule has 1 unspecified atom stereocenters. The Morgan fingerprint density at radius 2 is 2.11 bits per heavy atom. The Kier molecular flexibility index (Phi) is 8.03. The van der Waals surface area contributed by atoms with Crippen LogP contribution in [0.3, 0.4) is 0 Å². The van der Waals surface area contributed by atoms with E-state index in [2.05, 4.69) is 17.6 Å². The van der Waals surface area contributed by atoms with E-state index < -0.39 is 17.9 Å². The summed E-state index contributed by atoms with van der Waals surface area (Å²) < 4.78 is 0. The maximum absolute atomic E-state index is 11.5. The highest BCUT2D eigenvalue weighted by molar-refractivity contribution is 5.98. The highest BCUT2D eigenvalue weighted by Gasteiger charge is 2.16. The van der Waals surface area contributed by atoms with Crippen LogP contribution in [-0.4, -0.2) is 29.6 Å². The van der Waals surface area contributed by atoms with Gasteiger partial charge in [0.2, 0.25) is 0 Å². The number of hydrogen-bond acceptors (Lipinski definition) is 4. The van der Waals surface area contributed by atoms with Gasteiger partial charge in [0.05, 0.1) is 0 Å². The van der Waals surface area contributed by atoms with Crippen LogP contribution in [0.5, 0.6) is 0 Å². The first-order valence-corrected chi connectivity index (χ1v) is 5.90. The van der Waals surface area contributed by atoms with Gasteiger partial charge in [-0.2, -0.15) is 5.26 Å². The minimum Gasteiger partial charge on any atom is -0.480 e. The number of carboxylic acids is 1. The summed E-state index contributed by atoms with van der Waals surface area (Å²) in [6.07, 6.45) is 4.44. The molecule has 0 heterocycles. The molecule has 0 aromatic rings. The molecule has 0 rings (SSSR count). The number of unbranched alkanes of at least 4 members (excludes halogenated alkanes) is 2. The summed E-state index contributed by atoms with van der Waals surface area (Å²) >= 11 is 0. The van der Waals surface area contributed by atoms with Crippen LogP contribution in [0.25, 0.3) is 0 Å². The summed E-state index contributed by atoms with van der Waals surface area (Å²) in [6.45, 7) is 4.10. The molecule has 6 heteroatoms. The molecule has 0 spiro atoms. The largest absolute Gasteiger partial charge is 0.480 e. The van der Waals surface area contributed by atoms with Gasteiger partial charge in [0, 0.05) is 12.7 Å². The summed E-state index contributed by atoms with van der Waals surface area (Å²) in [5.74, 6) is -1.83. The van der Waals surface area contributed by atoms with Crippen LogP contribution in [0, 0.1) is 11.3 Å². The molecule has 0 aliphatic heterocycles. The van der Waals surface area contributed by atoms with Crippen LogP contribution >= 0.6 is 0 Å². The molecule has 1 amide bonds. The zero-order valence-electron chi connectivity index (χ0n) is 10.7. The van der Waals surface area contributed by atoms with E-state index in [0.29, 0.717) is 6.54 Å². The summed E-state index contributed by atoms with van der Waals surface area (Å²) in [6, 6.07) is 0.712. The Morgan fingerprint density at radius 3 is 2.61 bits per heavy atom. The average molecular weight is 253 g/mol. The number of nitriles is 1. The lowest BCUT2D eigenvalue weighted by Crippen LogP contribution is -2.39. The first-order chi connectivity index (χ1) is 8.52. The molecule has 3 N–H and O–H groups in total. The molecule has 100 valence electrons. The van der Waals surface area contributed by atoms with Gasteiger partial charge >= 0.3 is 5.97 Å². The topological polar surface area (TPSA) is 102 Å². The van der Waals surface area contributed by atoms with Gasteiger partial charge in [-0.05, 0) is 13.3 Å². The molecule has 0 bridgehead atoms. The zero-order valence-corrected chi connectivity index (χ0v) is 10.7. The van der Waals surface area contributed by atoms with Crippen molar-refractivity contribution in [3.63, 3.8) is 0 Å². The van der Waals surface area contributed by atoms with Gasteiger partial charge in [-0.3, -0.25) is 9.59 Å². The Balaban J connectivity index is 4.23. The van der Waals surface area contributed by atoms with Crippen LogP contribution in [0.2, 0.25) is 0 Å². The van der Waals surface area contributed by atoms with Crippen LogP contribution < -0.4 is 10.6 Å². The second kappa shape index (κ2) is 9.05. The number of carbonyl (C=O) groups is 2. The van der Waals surface area contributed by atoms with E-state index in [1.54, 1.807) is 6.07 Å². The van der Waals surface area contributed by atoms with Gasteiger partial charge in [0.25, 0.3) is 5.91 Å². The van der Waals surface area contributed by atoms with Gasteiger partial charge in [0.15, 0.2) is 0 Å². The van der Waals surface area contributed by atoms with E-state index in [0.717, 1.165) is 19.3 Å². The highest BCUT2D eigenvalue weighted by Crippen LogP contribution is 1.95. The maximum Gasteiger partial charge on any atom is 0.325 e. The molecule has 18 heavy (non-hydrogen) atoms. The molecular formula is C12H19N3O3. The number of amides is 1. The molecule has 6 nitrogen and oxygen atoms in total. The third-order valence-corrected chi connectivity index (χ3v) is 2.25. The minimum absolute atomic E-state index is 0.125. The van der Waals surface area contributed by atoms with Crippen molar-refractivity contribution in [3.8, 4) is 6.07 Å². The number of hydrogen-bond donors (Lipinski definition) is 3. The van der Waals surface area contributed by atoms with Gasteiger partial charge < -0.3 is 15.7 Å². The molecule has 0 aromatic carbocycles. The normalized spacial score (nSPS) is 12.4. The van der Waals surface area contributed by atoms with Crippen LogP contribution in [-0.2, 0) is 9.59 Å². The molecule has 0 radical (unpaired) electrons. The second-order valence-electron chi connectivity index (χ2n) is 3.86. The quantitative estimate of drug-likeness (QED) is 0.337. The van der Waals surface area contributed by atoms with Crippen molar-refractivity contribution in [2.24, 2.45) is 0 Å². The lowest BCUT2D eigenvalue weighted by atomic mass is 10.2. The molecule has 1 atom stereocenters. The van der Waals surface area contributed by atoms with Gasteiger partial charge in [-0.25, -0.2) is 0 Å². The number of rotatable bonds is 8. The molecule has 0 fully saturated rings. The average Bonchev–Trinajstić information content (AvgIpc) is 2.33. The molecular weight excluding hydrogens is 234 g/mol. The zero-order chi connectivity index (χ0) is 14.0. The molecule has 0 saturated carbocycles. The molecule has 0 aliphatic carbocycles. The monoisotopic (exact) mass is 253 g/mol. The molecule has 0 saturated heterocycles. The lowest BCUT2D eigenvalue weighted by Gasteiger charge is -2.08. The number of nitrogens with zero attached hydrogens (tertiary/aromatic N) is 1. The third kappa shape index (κ3) is 6.53. The van der Waals surface area contributed by atoms with E-state index in [-0.39, 0.29) is 5.57 Å². The van der Waals surface area contributed by atoms with Crippen molar-refractivity contribution in [3.05, 3.63) is 11.8 Å². The highest BCUT2D eigenvalue weighted by atomic mass is 16.4. The summed E-state index contributed by atoms with van der Waals surface area (Å²) in [4.78, 5) is 22.0. The first-order valence-electron chi connectivity index (χ1n) is 5.90. The molecule has 0 aromatic heterocycles. The van der Waals surface area contributed by atoms with Gasteiger partial charge in [-0.15, -0.1) is 0 Å². The van der Waals surface area contributed by atoms with E-state index in [9.17, 15) is 9.59 Å². The number of carbonyl (C=O) groups excluding carboxylic acids is 1. The standard InChI is InChI=1S/C12H19N3O3/c1-3-4-5-6-14-8-10(7-13)11(16)15-9(2)12(17)18/h8-9,14H,3-6H2,1-2H3,(H,15,16)(H,17,18)/b10-8-. The third-order valence-electron chi connectivity index (χ3n) is 2.25. The van der Waals surface area contributed by atoms with E-state index in [1.165, 1.54) is 13.1 Å². The lowest BCUT2D eigenvalue weighted by molar-refractivity contribution is -0.140. The number of aliphatic carboxylic acids is 1. The van der Waals surface area contributed by atoms with Crippen LogP contribution in [0.4, 0.5) is 0 Å². The van der Waals surface area contributed by atoms with Gasteiger partial charge in [-0.1, -0.05) is 19.8 Å².